The third kappa shape index (κ3) is 4.52. The van der Waals surface area contributed by atoms with Gasteiger partial charge in [0.15, 0.2) is 0 Å². The van der Waals surface area contributed by atoms with Crippen LogP contribution in [0.25, 0.3) is 0 Å². The molecule has 0 heterocycles. The Hall–Kier alpha value is -1.31. The second kappa shape index (κ2) is 7.20. The molecule has 1 rings (SSSR count). The number of carbonyl (C=O) groups is 1. The Bertz CT molecular complexity index is 365. The topological polar surface area (TPSA) is 26.3 Å². The highest BCUT2D eigenvalue weighted by Gasteiger charge is 2.17. The molecule has 0 N–H and O–H groups in total. The summed E-state index contributed by atoms with van der Waals surface area (Å²) >= 11 is 0. The maximum absolute atomic E-state index is 11.5. The predicted molar refractivity (Wildman–Crippen MR) is 74.5 cm³/mol. The van der Waals surface area contributed by atoms with Crippen molar-refractivity contribution >= 4 is 5.97 Å². The molecule has 1 aromatic rings. The van der Waals surface area contributed by atoms with Crippen LogP contribution in [0, 0.1) is 11.8 Å². The molecule has 0 aliphatic rings. The second-order valence-corrected chi connectivity index (χ2v) is 5.25. The SMILES string of the molecule is CCC(Cc1ccc(CC(C)C)cc1)C(=O)OC. The number of methoxy groups -OCH3 is 1. The summed E-state index contributed by atoms with van der Waals surface area (Å²) in [5, 5.41) is 0. The summed E-state index contributed by atoms with van der Waals surface area (Å²) in [6.45, 7) is 6.46. The van der Waals surface area contributed by atoms with Gasteiger partial charge in [-0.25, -0.2) is 0 Å². The number of rotatable bonds is 6. The number of hydrogen-bond acceptors (Lipinski definition) is 2. The van der Waals surface area contributed by atoms with Crippen LogP contribution >= 0.6 is 0 Å². The van der Waals surface area contributed by atoms with Crippen molar-refractivity contribution in [3.63, 3.8) is 0 Å². The van der Waals surface area contributed by atoms with Crippen LogP contribution in [0.15, 0.2) is 24.3 Å². The summed E-state index contributed by atoms with van der Waals surface area (Å²) in [6.07, 6.45) is 2.69. The molecular formula is C16H24O2. The monoisotopic (exact) mass is 248 g/mol. The van der Waals surface area contributed by atoms with Crippen molar-refractivity contribution in [2.24, 2.45) is 11.8 Å². The third-order valence-corrected chi connectivity index (χ3v) is 3.18. The standard InChI is InChI=1S/C16H24O2/c1-5-15(16(17)18-4)11-14-8-6-13(7-9-14)10-12(2)3/h6-9,12,15H,5,10-11H2,1-4H3. The van der Waals surface area contributed by atoms with Crippen molar-refractivity contribution in [1.29, 1.82) is 0 Å². The molecule has 1 unspecified atom stereocenters. The van der Waals surface area contributed by atoms with Gasteiger partial charge in [0, 0.05) is 0 Å². The van der Waals surface area contributed by atoms with Crippen molar-refractivity contribution < 1.29 is 9.53 Å². The van der Waals surface area contributed by atoms with E-state index in [1.54, 1.807) is 0 Å². The minimum atomic E-state index is -0.108. The van der Waals surface area contributed by atoms with Crippen LogP contribution in [0.3, 0.4) is 0 Å². The van der Waals surface area contributed by atoms with Crippen LogP contribution in [0.5, 0.6) is 0 Å². The summed E-state index contributed by atoms with van der Waals surface area (Å²) in [6, 6.07) is 8.59. The Morgan fingerprint density at radius 3 is 2.00 bits per heavy atom. The lowest BCUT2D eigenvalue weighted by Gasteiger charge is -2.13. The zero-order valence-corrected chi connectivity index (χ0v) is 11.9. The smallest absolute Gasteiger partial charge is 0.308 e. The quantitative estimate of drug-likeness (QED) is 0.719. The fourth-order valence-corrected chi connectivity index (χ4v) is 2.13. The molecule has 0 radical (unpaired) electrons. The van der Waals surface area contributed by atoms with Crippen molar-refractivity contribution in [3.05, 3.63) is 35.4 Å². The van der Waals surface area contributed by atoms with Gasteiger partial charge in [-0.2, -0.15) is 0 Å². The normalized spacial score (nSPS) is 12.5. The van der Waals surface area contributed by atoms with Gasteiger partial charge < -0.3 is 4.74 Å². The molecule has 18 heavy (non-hydrogen) atoms. The van der Waals surface area contributed by atoms with E-state index in [4.69, 9.17) is 4.74 Å². The lowest BCUT2D eigenvalue weighted by molar-refractivity contribution is -0.145. The highest BCUT2D eigenvalue weighted by Crippen LogP contribution is 2.16. The highest BCUT2D eigenvalue weighted by molar-refractivity contribution is 5.72. The fraction of sp³-hybridized carbons (Fsp3) is 0.562. The van der Waals surface area contributed by atoms with E-state index < -0.39 is 0 Å². The molecule has 0 fully saturated rings. The number of carbonyl (C=O) groups excluding carboxylic acids is 1. The lowest BCUT2D eigenvalue weighted by atomic mass is 9.95. The van der Waals surface area contributed by atoms with Crippen LogP contribution in [0.2, 0.25) is 0 Å². The van der Waals surface area contributed by atoms with Gasteiger partial charge in [0.05, 0.1) is 13.0 Å². The molecule has 0 saturated carbocycles. The molecule has 100 valence electrons. The number of benzene rings is 1. The predicted octanol–water partition coefficient (Wildman–Crippen LogP) is 3.63. The molecule has 1 atom stereocenters. The molecule has 0 aliphatic carbocycles. The maximum atomic E-state index is 11.5. The highest BCUT2D eigenvalue weighted by atomic mass is 16.5. The molecule has 0 saturated heterocycles. The average molecular weight is 248 g/mol. The molecule has 0 amide bonds. The molecular weight excluding hydrogens is 224 g/mol. The minimum Gasteiger partial charge on any atom is -0.469 e. The van der Waals surface area contributed by atoms with Gasteiger partial charge in [-0.05, 0) is 36.3 Å². The summed E-state index contributed by atoms with van der Waals surface area (Å²) in [7, 11) is 1.46. The van der Waals surface area contributed by atoms with Gasteiger partial charge in [0.2, 0.25) is 0 Å². The Morgan fingerprint density at radius 1 is 1.11 bits per heavy atom. The van der Waals surface area contributed by atoms with Gasteiger partial charge in [-0.3, -0.25) is 4.79 Å². The number of hydrogen-bond donors (Lipinski definition) is 0. The van der Waals surface area contributed by atoms with Crippen LogP contribution in [-0.2, 0) is 22.4 Å². The molecule has 0 bridgehead atoms. The van der Waals surface area contributed by atoms with E-state index >= 15 is 0 Å². The van der Waals surface area contributed by atoms with Crippen molar-refractivity contribution in [2.45, 2.75) is 40.0 Å². The molecule has 2 heteroatoms. The molecule has 0 spiro atoms. The van der Waals surface area contributed by atoms with E-state index in [0.29, 0.717) is 5.92 Å². The largest absolute Gasteiger partial charge is 0.469 e. The van der Waals surface area contributed by atoms with Crippen LogP contribution in [0.1, 0.15) is 38.3 Å². The van der Waals surface area contributed by atoms with Crippen molar-refractivity contribution in [3.8, 4) is 0 Å². The fourth-order valence-electron chi connectivity index (χ4n) is 2.13. The summed E-state index contributed by atoms with van der Waals surface area (Å²) in [5.41, 5.74) is 2.57. The zero-order valence-electron chi connectivity index (χ0n) is 11.9. The first kappa shape index (κ1) is 14.7. The second-order valence-electron chi connectivity index (χ2n) is 5.25. The van der Waals surface area contributed by atoms with Crippen molar-refractivity contribution in [1.82, 2.24) is 0 Å². The van der Waals surface area contributed by atoms with E-state index in [9.17, 15) is 4.79 Å². The van der Waals surface area contributed by atoms with Crippen LogP contribution < -0.4 is 0 Å². The first-order chi connectivity index (χ1) is 8.56. The Morgan fingerprint density at radius 2 is 1.61 bits per heavy atom. The van der Waals surface area contributed by atoms with Gasteiger partial charge in [-0.15, -0.1) is 0 Å². The molecule has 0 aromatic heterocycles. The van der Waals surface area contributed by atoms with Gasteiger partial charge in [-0.1, -0.05) is 45.0 Å². The van der Waals surface area contributed by atoms with Gasteiger partial charge in [0.1, 0.15) is 0 Å². The Balaban J connectivity index is 2.64. The first-order valence-electron chi connectivity index (χ1n) is 6.72. The zero-order chi connectivity index (χ0) is 13.5. The maximum Gasteiger partial charge on any atom is 0.308 e. The first-order valence-corrected chi connectivity index (χ1v) is 6.72. The summed E-state index contributed by atoms with van der Waals surface area (Å²) in [5.74, 6) is 0.545. The summed E-state index contributed by atoms with van der Waals surface area (Å²) in [4.78, 5) is 11.5. The minimum absolute atomic E-state index is 0.0223. The molecule has 2 nitrogen and oxygen atoms in total. The summed E-state index contributed by atoms with van der Waals surface area (Å²) < 4.78 is 4.81. The van der Waals surface area contributed by atoms with E-state index in [-0.39, 0.29) is 11.9 Å². The molecule has 0 aliphatic heterocycles. The van der Waals surface area contributed by atoms with E-state index in [1.807, 2.05) is 6.92 Å². The van der Waals surface area contributed by atoms with E-state index in [0.717, 1.165) is 19.3 Å². The van der Waals surface area contributed by atoms with E-state index in [2.05, 4.69) is 38.1 Å². The third-order valence-electron chi connectivity index (χ3n) is 3.18. The molecule has 1 aromatic carbocycles. The Labute approximate surface area is 110 Å². The van der Waals surface area contributed by atoms with Crippen LogP contribution in [0.4, 0.5) is 0 Å². The lowest BCUT2D eigenvalue weighted by Crippen LogP contribution is -2.17. The average Bonchev–Trinajstić information content (AvgIpc) is 2.36. The van der Waals surface area contributed by atoms with Crippen molar-refractivity contribution in [2.75, 3.05) is 7.11 Å². The van der Waals surface area contributed by atoms with Gasteiger partial charge >= 0.3 is 5.97 Å². The van der Waals surface area contributed by atoms with E-state index in [1.165, 1.54) is 18.2 Å². The number of esters is 1. The Kier molecular flexibility index (Phi) is 5.90. The van der Waals surface area contributed by atoms with Crippen LogP contribution in [-0.4, -0.2) is 13.1 Å². The van der Waals surface area contributed by atoms with Gasteiger partial charge in [0.25, 0.3) is 0 Å². The number of ether oxygens (including phenoxy) is 1.